The van der Waals surface area contributed by atoms with Crippen molar-refractivity contribution in [2.24, 2.45) is 0 Å². The molecule has 0 spiro atoms. The van der Waals surface area contributed by atoms with Gasteiger partial charge in [0.05, 0.1) is 0 Å². The maximum absolute atomic E-state index is 6.41. The summed E-state index contributed by atoms with van der Waals surface area (Å²) < 4.78 is 6.41. The van der Waals surface area contributed by atoms with Gasteiger partial charge in [0, 0.05) is 16.2 Å². The normalized spacial score (nSPS) is 13.3. The van der Waals surface area contributed by atoms with E-state index in [9.17, 15) is 0 Å². The van der Waals surface area contributed by atoms with Crippen molar-refractivity contribution in [2.45, 2.75) is 19.3 Å². The van der Waals surface area contributed by atoms with Crippen LogP contribution in [-0.4, -0.2) is 0 Å². The third-order valence-electron chi connectivity index (χ3n) is 12.6. The molecular weight excluding hydrogens is 677 g/mol. The number of furan rings is 1. The van der Waals surface area contributed by atoms with Crippen LogP contribution in [0.5, 0.6) is 0 Å². The lowest BCUT2D eigenvalue weighted by molar-refractivity contribution is 0.661. The summed E-state index contributed by atoms with van der Waals surface area (Å²) in [5, 5.41) is 12.3. The van der Waals surface area contributed by atoms with Crippen molar-refractivity contribution in [2.75, 3.05) is 0 Å². The van der Waals surface area contributed by atoms with Gasteiger partial charge in [0.15, 0.2) is 0 Å². The van der Waals surface area contributed by atoms with Crippen LogP contribution in [0.4, 0.5) is 0 Å². The second-order valence-corrected chi connectivity index (χ2v) is 16.0. The smallest absolute Gasteiger partial charge is 0.136 e. The second kappa shape index (κ2) is 11.5. The summed E-state index contributed by atoms with van der Waals surface area (Å²) in [6.45, 7) is 4.74. The predicted octanol–water partition coefficient (Wildman–Crippen LogP) is 15.5. The molecule has 262 valence electrons. The van der Waals surface area contributed by atoms with Crippen LogP contribution in [-0.2, 0) is 5.41 Å². The summed E-state index contributed by atoms with van der Waals surface area (Å²) in [4.78, 5) is 0. The van der Waals surface area contributed by atoms with E-state index in [0.717, 1.165) is 16.6 Å². The Hall–Kier alpha value is -6.96. The molecule has 0 amide bonds. The summed E-state index contributed by atoms with van der Waals surface area (Å²) in [5.41, 5.74) is 14.7. The minimum atomic E-state index is -0.0761. The first-order chi connectivity index (χ1) is 27.5. The van der Waals surface area contributed by atoms with Crippen molar-refractivity contribution in [1.82, 2.24) is 0 Å². The number of fused-ring (bicyclic) bond motifs is 11. The van der Waals surface area contributed by atoms with Crippen molar-refractivity contribution in [1.29, 1.82) is 0 Å². The van der Waals surface area contributed by atoms with E-state index < -0.39 is 0 Å². The van der Waals surface area contributed by atoms with Gasteiger partial charge in [0.2, 0.25) is 0 Å². The van der Waals surface area contributed by atoms with Gasteiger partial charge in [-0.3, -0.25) is 0 Å². The van der Waals surface area contributed by atoms with Gasteiger partial charge in [-0.2, -0.15) is 0 Å². The Balaban J connectivity index is 1.04. The van der Waals surface area contributed by atoms with Crippen LogP contribution in [0.25, 0.3) is 110 Å². The van der Waals surface area contributed by atoms with Crippen LogP contribution in [0, 0.1) is 0 Å². The van der Waals surface area contributed by atoms with Crippen molar-refractivity contribution < 1.29 is 4.42 Å². The molecule has 0 unspecified atom stereocenters. The lowest BCUT2D eigenvalue weighted by Gasteiger charge is -2.22. The van der Waals surface area contributed by atoms with Crippen LogP contribution in [0.1, 0.15) is 25.0 Å². The summed E-state index contributed by atoms with van der Waals surface area (Å²) >= 11 is 0. The Kier molecular flexibility index (Phi) is 6.46. The highest BCUT2D eigenvalue weighted by Crippen LogP contribution is 2.53. The highest BCUT2D eigenvalue weighted by atomic mass is 16.3. The molecule has 56 heavy (non-hydrogen) atoms. The maximum atomic E-state index is 6.41. The van der Waals surface area contributed by atoms with Crippen molar-refractivity contribution in [3.63, 3.8) is 0 Å². The maximum Gasteiger partial charge on any atom is 0.136 e. The van der Waals surface area contributed by atoms with E-state index in [2.05, 4.69) is 196 Å². The van der Waals surface area contributed by atoms with E-state index in [1.165, 1.54) is 104 Å². The van der Waals surface area contributed by atoms with Gasteiger partial charge >= 0.3 is 0 Å². The van der Waals surface area contributed by atoms with Gasteiger partial charge in [-0.25, -0.2) is 0 Å². The molecule has 1 heterocycles. The fourth-order valence-corrected chi connectivity index (χ4v) is 9.98. The Bertz CT molecular complexity index is 3370. The van der Waals surface area contributed by atoms with Crippen LogP contribution < -0.4 is 0 Å². The number of hydrogen-bond donors (Lipinski definition) is 0. The molecule has 1 aliphatic rings. The molecular formula is C55H36O. The molecule has 0 aliphatic heterocycles. The van der Waals surface area contributed by atoms with Crippen LogP contribution in [0.15, 0.2) is 186 Å². The van der Waals surface area contributed by atoms with Gasteiger partial charge in [0.25, 0.3) is 0 Å². The van der Waals surface area contributed by atoms with Gasteiger partial charge in [0.1, 0.15) is 11.2 Å². The third-order valence-corrected chi connectivity index (χ3v) is 12.6. The molecule has 12 rings (SSSR count). The monoisotopic (exact) mass is 712 g/mol. The Morgan fingerprint density at radius 1 is 0.339 bits per heavy atom. The minimum absolute atomic E-state index is 0.0761. The fourth-order valence-electron chi connectivity index (χ4n) is 9.98. The molecule has 1 aromatic heterocycles. The van der Waals surface area contributed by atoms with Gasteiger partial charge < -0.3 is 4.42 Å². The van der Waals surface area contributed by atoms with Crippen molar-refractivity contribution in [3.05, 3.63) is 193 Å². The highest BCUT2D eigenvalue weighted by Gasteiger charge is 2.37. The summed E-state index contributed by atoms with van der Waals surface area (Å²) in [5.74, 6) is 0. The summed E-state index contributed by atoms with van der Waals surface area (Å²) in [7, 11) is 0. The topological polar surface area (TPSA) is 13.1 Å². The quantitative estimate of drug-likeness (QED) is 0.166. The van der Waals surface area contributed by atoms with Gasteiger partial charge in [-0.1, -0.05) is 166 Å². The Morgan fingerprint density at radius 3 is 1.59 bits per heavy atom. The molecule has 0 radical (unpaired) electrons. The Labute approximate surface area is 325 Å². The van der Waals surface area contributed by atoms with Crippen LogP contribution in [0.3, 0.4) is 0 Å². The predicted molar refractivity (Wildman–Crippen MR) is 238 cm³/mol. The first-order valence-corrected chi connectivity index (χ1v) is 19.6. The zero-order chi connectivity index (χ0) is 37.1. The van der Waals surface area contributed by atoms with E-state index >= 15 is 0 Å². The van der Waals surface area contributed by atoms with Crippen LogP contribution in [0.2, 0.25) is 0 Å². The molecule has 0 N–H and O–H groups in total. The third kappa shape index (κ3) is 4.37. The largest absolute Gasteiger partial charge is 0.456 e. The molecule has 10 aromatic carbocycles. The fraction of sp³-hybridized carbons (Fsp3) is 0.0545. The molecule has 0 atom stereocenters. The first-order valence-electron chi connectivity index (χ1n) is 19.6. The zero-order valence-electron chi connectivity index (χ0n) is 31.2. The average Bonchev–Trinajstić information content (AvgIpc) is 3.73. The van der Waals surface area contributed by atoms with Gasteiger partial charge in [-0.05, 0) is 129 Å². The standard InChI is InChI=1S/C55H36O/c1-55(2)47-21-11-20-39(53(47)45-30-36-13-3-4-14-37(36)32-48(45)55)34-22-24-35(25-23-34)51-41-16-7-9-18-43(41)52(44-19-10-8-17-42(44)51)38-27-28-49-46(31-38)54-40-15-6-5-12-33(40)26-29-50(54)56-49/h3-32H,1-2H3. The first kappa shape index (κ1) is 31.4. The molecule has 0 fully saturated rings. The molecule has 0 saturated carbocycles. The van der Waals surface area contributed by atoms with E-state index in [4.69, 9.17) is 4.42 Å². The highest BCUT2D eigenvalue weighted by molar-refractivity contribution is 6.23. The van der Waals surface area contributed by atoms with Gasteiger partial charge in [-0.15, -0.1) is 0 Å². The summed E-state index contributed by atoms with van der Waals surface area (Å²) in [6, 6.07) is 67.2. The molecule has 1 heteroatoms. The molecule has 1 aliphatic carbocycles. The summed E-state index contributed by atoms with van der Waals surface area (Å²) in [6.07, 6.45) is 0. The number of hydrogen-bond acceptors (Lipinski definition) is 1. The number of rotatable bonds is 3. The average molecular weight is 713 g/mol. The number of benzene rings is 10. The van der Waals surface area contributed by atoms with Crippen LogP contribution >= 0.6 is 0 Å². The molecule has 11 aromatic rings. The Morgan fingerprint density at radius 2 is 0.893 bits per heavy atom. The molecule has 0 saturated heterocycles. The lowest BCUT2D eigenvalue weighted by atomic mass is 9.81. The van der Waals surface area contributed by atoms with E-state index in [1.54, 1.807) is 0 Å². The minimum Gasteiger partial charge on any atom is -0.456 e. The molecule has 0 bridgehead atoms. The molecule has 1 nitrogen and oxygen atoms in total. The van der Waals surface area contributed by atoms with Crippen molar-refractivity contribution >= 4 is 65.0 Å². The zero-order valence-corrected chi connectivity index (χ0v) is 31.2. The SMILES string of the molecule is CC1(C)c2cc3ccccc3cc2-c2c(-c3ccc(-c4c5ccccc5c(-c5ccc6oc7ccc8ccccc8c7c6c5)c5ccccc45)cc3)cccc21. The van der Waals surface area contributed by atoms with E-state index in [0.29, 0.717) is 0 Å². The lowest BCUT2D eigenvalue weighted by Crippen LogP contribution is -2.14. The second-order valence-electron chi connectivity index (χ2n) is 16.0. The van der Waals surface area contributed by atoms with E-state index in [-0.39, 0.29) is 5.41 Å². The van der Waals surface area contributed by atoms with E-state index in [1.807, 2.05) is 0 Å². The van der Waals surface area contributed by atoms with Crippen molar-refractivity contribution in [3.8, 4) is 44.5 Å².